The van der Waals surface area contributed by atoms with Crippen molar-refractivity contribution in [2.75, 3.05) is 6.54 Å². The molecule has 102 valence electrons. The molecular formula is C14H28BrNO. The Balaban J connectivity index is 3.16. The van der Waals surface area contributed by atoms with Gasteiger partial charge in [-0.1, -0.05) is 74.7 Å². The number of unbranched alkanes of at least 4 members (excludes halogenated alkanes) is 7. The molecule has 17 heavy (non-hydrogen) atoms. The zero-order valence-electron chi connectivity index (χ0n) is 11.4. The van der Waals surface area contributed by atoms with Crippen LogP contribution in [0, 0.1) is 0 Å². The molecule has 0 aromatic heterocycles. The van der Waals surface area contributed by atoms with Gasteiger partial charge >= 0.3 is 0 Å². The van der Waals surface area contributed by atoms with Crippen molar-refractivity contribution in [3.63, 3.8) is 0 Å². The molecule has 3 heteroatoms. The third kappa shape index (κ3) is 10.8. The van der Waals surface area contributed by atoms with Gasteiger partial charge in [0.05, 0.1) is 4.83 Å². The Kier molecular flexibility index (Phi) is 12.4. The highest BCUT2D eigenvalue weighted by Gasteiger charge is 2.10. The number of nitrogens with one attached hydrogen (secondary N) is 1. The maximum Gasteiger partial charge on any atom is 0.233 e. The Bertz CT molecular complexity index is 185. The first kappa shape index (κ1) is 16.9. The van der Waals surface area contributed by atoms with Gasteiger partial charge in [0.25, 0.3) is 0 Å². The van der Waals surface area contributed by atoms with E-state index < -0.39 is 0 Å². The van der Waals surface area contributed by atoms with E-state index in [1.54, 1.807) is 0 Å². The molecule has 1 N–H and O–H groups in total. The van der Waals surface area contributed by atoms with Gasteiger partial charge in [-0.05, 0) is 12.8 Å². The van der Waals surface area contributed by atoms with Crippen LogP contribution >= 0.6 is 15.9 Å². The van der Waals surface area contributed by atoms with Crippen molar-refractivity contribution < 1.29 is 4.79 Å². The minimum Gasteiger partial charge on any atom is -0.355 e. The van der Waals surface area contributed by atoms with Crippen LogP contribution in [-0.4, -0.2) is 17.3 Å². The molecule has 0 aliphatic carbocycles. The van der Waals surface area contributed by atoms with Crippen molar-refractivity contribution in [1.82, 2.24) is 5.32 Å². The van der Waals surface area contributed by atoms with Crippen molar-refractivity contribution in [3.05, 3.63) is 0 Å². The molecule has 0 aliphatic heterocycles. The van der Waals surface area contributed by atoms with Crippen molar-refractivity contribution in [3.8, 4) is 0 Å². The Morgan fingerprint density at radius 3 is 2.06 bits per heavy atom. The monoisotopic (exact) mass is 305 g/mol. The Morgan fingerprint density at radius 2 is 1.53 bits per heavy atom. The normalized spacial score (nSPS) is 12.4. The fourth-order valence-electron chi connectivity index (χ4n) is 1.77. The van der Waals surface area contributed by atoms with Gasteiger partial charge in [0.15, 0.2) is 0 Å². The second-order valence-electron chi connectivity index (χ2n) is 4.64. The molecule has 0 fully saturated rings. The molecule has 0 aromatic carbocycles. The first-order chi connectivity index (χ1) is 8.22. The standard InChI is InChI=1S/C14H28BrNO/c1-3-5-6-7-8-9-10-11-12-16-14(17)13(15)4-2/h13H,3-12H2,1-2H3,(H,16,17). The second-order valence-corrected chi connectivity index (χ2v) is 5.75. The van der Waals surface area contributed by atoms with Crippen LogP contribution in [0.25, 0.3) is 0 Å². The largest absolute Gasteiger partial charge is 0.355 e. The first-order valence-corrected chi connectivity index (χ1v) is 8.05. The molecule has 0 heterocycles. The van der Waals surface area contributed by atoms with Gasteiger partial charge in [0.1, 0.15) is 0 Å². The quantitative estimate of drug-likeness (QED) is 0.444. The molecule has 0 spiro atoms. The van der Waals surface area contributed by atoms with Gasteiger partial charge in [0, 0.05) is 6.54 Å². The Morgan fingerprint density at radius 1 is 1.00 bits per heavy atom. The molecule has 0 bridgehead atoms. The van der Waals surface area contributed by atoms with Crippen LogP contribution in [-0.2, 0) is 4.79 Å². The summed E-state index contributed by atoms with van der Waals surface area (Å²) in [5, 5.41) is 2.96. The molecule has 2 nitrogen and oxygen atoms in total. The Labute approximate surface area is 115 Å². The Hall–Kier alpha value is -0.0500. The lowest BCUT2D eigenvalue weighted by Gasteiger charge is -2.08. The van der Waals surface area contributed by atoms with E-state index in [4.69, 9.17) is 0 Å². The number of alkyl halides is 1. The first-order valence-electron chi connectivity index (χ1n) is 7.14. The average molecular weight is 306 g/mol. The smallest absolute Gasteiger partial charge is 0.233 e. The molecule has 0 aromatic rings. The van der Waals surface area contributed by atoms with E-state index in [2.05, 4.69) is 28.2 Å². The van der Waals surface area contributed by atoms with Crippen molar-refractivity contribution in [2.24, 2.45) is 0 Å². The van der Waals surface area contributed by atoms with Crippen LogP contribution in [0.2, 0.25) is 0 Å². The molecule has 0 aliphatic rings. The van der Waals surface area contributed by atoms with E-state index >= 15 is 0 Å². The highest BCUT2D eigenvalue weighted by molar-refractivity contribution is 9.10. The van der Waals surface area contributed by atoms with Crippen molar-refractivity contribution >= 4 is 21.8 Å². The van der Waals surface area contributed by atoms with E-state index in [9.17, 15) is 4.79 Å². The van der Waals surface area contributed by atoms with Gasteiger partial charge in [-0.3, -0.25) is 4.79 Å². The number of amides is 1. The molecule has 0 saturated heterocycles. The number of carbonyl (C=O) groups is 1. The second kappa shape index (κ2) is 12.4. The van der Waals surface area contributed by atoms with E-state index in [1.165, 1.54) is 44.9 Å². The van der Waals surface area contributed by atoms with Crippen LogP contribution in [0.4, 0.5) is 0 Å². The fourth-order valence-corrected chi connectivity index (χ4v) is 1.93. The lowest BCUT2D eigenvalue weighted by molar-refractivity contribution is -0.120. The fraction of sp³-hybridized carbons (Fsp3) is 0.929. The summed E-state index contributed by atoms with van der Waals surface area (Å²) in [6.07, 6.45) is 11.3. The number of hydrogen-bond donors (Lipinski definition) is 1. The summed E-state index contributed by atoms with van der Waals surface area (Å²) in [7, 11) is 0. The summed E-state index contributed by atoms with van der Waals surface area (Å²) in [6.45, 7) is 5.08. The minimum atomic E-state index is -0.0171. The summed E-state index contributed by atoms with van der Waals surface area (Å²) >= 11 is 3.35. The third-order valence-corrected chi connectivity index (χ3v) is 4.04. The van der Waals surface area contributed by atoms with Crippen LogP contribution in [0.5, 0.6) is 0 Å². The maximum atomic E-state index is 11.4. The van der Waals surface area contributed by atoms with Crippen molar-refractivity contribution in [1.29, 1.82) is 0 Å². The van der Waals surface area contributed by atoms with Gasteiger partial charge in [-0.15, -0.1) is 0 Å². The highest BCUT2D eigenvalue weighted by atomic mass is 79.9. The summed E-state index contributed by atoms with van der Waals surface area (Å²) < 4.78 is 0. The van der Waals surface area contributed by atoms with Gasteiger partial charge in [0.2, 0.25) is 5.91 Å². The maximum absolute atomic E-state index is 11.4. The van der Waals surface area contributed by atoms with Crippen LogP contribution < -0.4 is 5.32 Å². The summed E-state index contributed by atoms with van der Waals surface area (Å²) in [6, 6.07) is 0. The van der Waals surface area contributed by atoms with E-state index in [-0.39, 0.29) is 10.7 Å². The molecule has 0 radical (unpaired) electrons. The highest BCUT2D eigenvalue weighted by Crippen LogP contribution is 2.08. The molecule has 1 unspecified atom stereocenters. The number of rotatable bonds is 11. The van der Waals surface area contributed by atoms with Crippen LogP contribution in [0.15, 0.2) is 0 Å². The lowest BCUT2D eigenvalue weighted by atomic mass is 10.1. The number of halogens is 1. The van der Waals surface area contributed by atoms with Gasteiger partial charge in [-0.25, -0.2) is 0 Å². The molecule has 1 atom stereocenters. The van der Waals surface area contributed by atoms with Crippen LogP contribution in [0.1, 0.15) is 71.6 Å². The van der Waals surface area contributed by atoms with Crippen molar-refractivity contribution in [2.45, 2.75) is 76.5 Å². The predicted octanol–water partition coefficient (Wildman–Crippen LogP) is 4.42. The summed E-state index contributed by atoms with van der Waals surface area (Å²) in [5.74, 6) is 0.135. The number of hydrogen-bond acceptors (Lipinski definition) is 1. The molecule has 0 saturated carbocycles. The topological polar surface area (TPSA) is 29.1 Å². The zero-order valence-corrected chi connectivity index (χ0v) is 13.0. The average Bonchev–Trinajstić information content (AvgIpc) is 2.35. The predicted molar refractivity (Wildman–Crippen MR) is 78.6 cm³/mol. The summed E-state index contributed by atoms with van der Waals surface area (Å²) in [4.78, 5) is 11.4. The zero-order chi connectivity index (χ0) is 12.9. The summed E-state index contributed by atoms with van der Waals surface area (Å²) in [5.41, 5.74) is 0. The molecule has 0 rings (SSSR count). The molecular weight excluding hydrogens is 278 g/mol. The lowest BCUT2D eigenvalue weighted by Crippen LogP contribution is -2.31. The van der Waals surface area contributed by atoms with Crippen LogP contribution in [0.3, 0.4) is 0 Å². The van der Waals surface area contributed by atoms with Gasteiger partial charge < -0.3 is 5.32 Å². The minimum absolute atomic E-state index is 0.0171. The van der Waals surface area contributed by atoms with E-state index in [1.807, 2.05) is 6.92 Å². The molecule has 1 amide bonds. The third-order valence-electron chi connectivity index (χ3n) is 2.97. The van der Waals surface area contributed by atoms with E-state index in [0.717, 1.165) is 19.4 Å². The number of carbonyl (C=O) groups excluding carboxylic acids is 1. The van der Waals surface area contributed by atoms with E-state index in [0.29, 0.717) is 0 Å². The SMILES string of the molecule is CCCCCCCCCCNC(=O)C(Br)CC. The van der Waals surface area contributed by atoms with Gasteiger partial charge in [-0.2, -0.15) is 0 Å².